The maximum atomic E-state index is 10.3. The molecular weight excluding hydrogens is 248 g/mol. The average molecular weight is 261 g/mol. The Kier molecular flexibility index (Phi) is 2.98. The number of ether oxygens (including phenoxy) is 1. The van der Waals surface area contributed by atoms with Crippen LogP contribution in [-0.2, 0) is 6.42 Å². The van der Waals surface area contributed by atoms with Crippen molar-refractivity contribution in [2.75, 3.05) is 6.61 Å². The first-order valence-electron chi connectivity index (χ1n) is 5.93. The van der Waals surface area contributed by atoms with Crippen molar-refractivity contribution in [2.24, 2.45) is 0 Å². The van der Waals surface area contributed by atoms with Crippen molar-refractivity contribution >= 4 is 11.6 Å². The lowest BCUT2D eigenvalue weighted by Crippen LogP contribution is -1.99. The first-order chi connectivity index (χ1) is 8.74. The Hall–Kier alpha value is -1.51. The molecule has 0 spiro atoms. The lowest BCUT2D eigenvalue weighted by molar-refractivity contribution is 0.220. The fourth-order valence-corrected chi connectivity index (χ4v) is 2.44. The highest BCUT2D eigenvalue weighted by molar-refractivity contribution is 6.30. The number of aliphatic hydroxyl groups excluding tert-OH is 1. The molecule has 0 fully saturated rings. The van der Waals surface area contributed by atoms with Crippen LogP contribution in [0.1, 0.15) is 22.8 Å². The summed E-state index contributed by atoms with van der Waals surface area (Å²) in [6.07, 6.45) is 0.264. The fraction of sp³-hybridized carbons (Fsp3) is 0.200. The molecule has 2 aromatic rings. The summed E-state index contributed by atoms with van der Waals surface area (Å²) in [5.41, 5.74) is 2.84. The molecule has 0 saturated heterocycles. The van der Waals surface area contributed by atoms with Crippen molar-refractivity contribution in [1.82, 2.24) is 0 Å². The van der Waals surface area contributed by atoms with E-state index in [1.165, 1.54) is 0 Å². The summed E-state index contributed by atoms with van der Waals surface area (Å²) in [4.78, 5) is 0. The van der Waals surface area contributed by atoms with Crippen LogP contribution in [0.2, 0.25) is 5.02 Å². The zero-order valence-electron chi connectivity index (χ0n) is 9.77. The third-order valence-electron chi connectivity index (χ3n) is 3.19. The molecule has 3 heteroatoms. The van der Waals surface area contributed by atoms with Crippen molar-refractivity contribution in [1.29, 1.82) is 0 Å². The largest absolute Gasteiger partial charge is 0.493 e. The maximum Gasteiger partial charge on any atom is 0.122 e. The highest BCUT2D eigenvalue weighted by atomic mass is 35.5. The van der Waals surface area contributed by atoms with Gasteiger partial charge in [-0.25, -0.2) is 0 Å². The molecule has 1 atom stereocenters. The SMILES string of the molecule is OC(c1cccc(Cl)c1)c1ccc2c(c1)CCO2. The third kappa shape index (κ3) is 2.09. The molecule has 1 unspecified atom stereocenters. The normalized spacial score (nSPS) is 15.0. The zero-order chi connectivity index (χ0) is 12.5. The number of rotatable bonds is 2. The standard InChI is InChI=1S/C15H13ClO2/c16-13-3-1-2-11(9-13)15(17)12-4-5-14-10(8-12)6-7-18-14/h1-5,8-9,15,17H,6-7H2. The molecular formula is C15H13ClO2. The van der Waals surface area contributed by atoms with E-state index in [4.69, 9.17) is 16.3 Å². The Morgan fingerprint density at radius 3 is 2.78 bits per heavy atom. The number of halogens is 1. The highest BCUT2D eigenvalue weighted by Crippen LogP contribution is 2.31. The number of benzene rings is 2. The molecule has 0 amide bonds. The van der Waals surface area contributed by atoms with Gasteiger partial charge < -0.3 is 9.84 Å². The molecule has 0 saturated carbocycles. The lowest BCUT2D eigenvalue weighted by Gasteiger charge is -2.12. The van der Waals surface area contributed by atoms with Crippen LogP contribution in [0.5, 0.6) is 5.75 Å². The molecule has 1 aliphatic rings. The van der Waals surface area contributed by atoms with Crippen LogP contribution in [0.4, 0.5) is 0 Å². The first-order valence-corrected chi connectivity index (χ1v) is 6.31. The van der Waals surface area contributed by atoms with Crippen LogP contribution in [0.3, 0.4) is 0 Å². The number of aliphatic hydroxyl groups is 1. The highest BCUT2D eigenvalue weighted by Gasteiger charge is 2.16. The van der Waals surface area contributed by atoms with Gasteiger partial charge in [0.25, 0.3) is 0 Å². The first kappa shape index (κ1) is 11.6. The Morgan fingerprint density at radius 1 is 1.11 bits per heavy atom. The Bertz CT molecular complexity index is 580. The van der Waals surface area contributed by atoms with E-state index in [-0.39, 0.29) is 0 Å². The number of fused-ring (bicyclic) bond motifs is 1. The summed E-state index contributed by atoms with van der Waals surface area (Å²) in [6, 6.07) is 13.1. The summed E-state index contributed by atoms with van der Waals surface area (Å²) in [5.74, 6) is 0.928. The minimum atomic E-state index is -0.644. The van der Waals surface area contributed by atoms with Gasteiger partial charge in [0.1, 0.15) is 11.9 Å². The second kappa shape index (κ2) is 4.63. The molecule has 0 radical (unpaired) electrons. The third-order valence-corrected chi connectivity index (χ3v) is 3.43. The van der Waals surface area contributed by atoms with E-state index in [0.717, 1.165) is 35.5 Å². The van der Waals surface area contributed by atoms with Crippen LogP contribution in [0.15, 0.2) is 42.5 Å². The van der Waals surface area contributed by atoms with Gasteiger partial charge >= 0.3 is 0 Å². The van der Waals surface area contributed by atoms with Gasteiger partial charge in [0.2, 0.25) is 0 Å². The summed E-state index contributed by atoms with van der Waals surface area (Å²) in [6.45, 7) is 0.728. The molecule has 0 aliphatic carbocycles. The smallest absolute Gasteiger partial charge is 0.122 e. The van der Waals surface area contributed by atoms with E-state index in [2.05, 4.69) is 0 Å². The van der Waals surface area contributed by atoms with Gasteiger partial charge in [0, 0.05) is 11.4 Å². The van der Waals surface area contributed by atoms with Crippen LogP contribution in [-0.4, -0.2) is 11.7 Å². The van der Waals surface area contributed by atoms with Crippen molar-refractivity contribution in [3.8, 4) is 5.75 Å². The summed E-state index contributed by atoms with van der Waals surface area (Å²) >= 11 is 5.94. The predicted molar refractivity (Wildman–Crippen MR) is 71.2 cm³/mol. The quantitative estimate of drug-likeness (QED) is 0.897. The molecule has 18 heavy (non-hydrogen) atoms. The molecule has 2 aromatic carbocycles. The van der Waals surface area contributed by atoms with E-state index in [9.17, 15) is 5.11 Å². The van der Waals surface area contributed by atoms with Gasteiger partial charge in [-0.2, -0.15) is 0 Å². The average Bonchev–Trinajstić information content (AvgIpc) is 2.85. The molecule has 1 N–H and O–H groups in total. The van der Waals surface area contributed by atoms with Crippen LogP contribution >= 0.6 is 11.6 Å². The second-order valence-corrected chi connectivity index (χ2v) is 4.86. The Balaban J connectivity index is 1.95. The van der Waals surface area contributed by atoms with Gasteiger partial charge in [-0.05, 0) is 41.0 Å². The molecule has 1 heterocycles. The second-order valence-electron chi connectivity index (χ2n) is 4.42. The monoisotopic (exact) mass is 260 g/mol. The zero-order valence-corrected chi connectivity index (χ0v) is 10.5. The number of hydrogen-bond donors (Lipinski definition) is 1. The van der Waals surface area contributed by atoms with E-state index < -0.39 is 6.10 Å². The van der Waals surface area contributed by atoms with Crippen molar-refractivity contribution in [3.63, 3.8) is 0 Å². The Labute approximate surface area is 111 Å². The van der Waals surface area contributed by atoms with Crippen LogP contribution in [0, 0.1) is 0 Å². The fourth-order valence-electron chi connectivity index (χ4n) is 2.25. The predicted octanol–water partition coefficient (Wildman–Crippen LogP) is 3.36. The van der Waals surface area contributed by atoms with Gasteiger partial charge in [-0.15, -0.1) is 0 Å². The summed E-state index contributed by atoms with van der Waals surface area (Å²) in [7, 11) is 0. The molecule has 92 valence electrons. The van der Waals surface area contributed by atoms with Gasteiger partial charge in [-0.1, -0.05) is 29.8 Å². The molecule has 1 aliphatic heterocycles. The van der Waals surface area contributed by atoms with Gasteiger partial charge in [0.05, 0.1) is 6.61 Å². The maximum absolute atomic E-state index is 10.3. The topological polar surface area (TPSA) is 29.5 Å². The minimum Gasteiger partial charge on any atom is -0.493 e. The Morgan fingerprint density at radius 2 is 1.94 bits per heavy atom. The van der Waals surface area contributed by atoms with E-state index in [0.29, 0.717) is 5.02 Å². The van der Waals surface area contributed by atoms with Crippen molar-refractivity contribution < 1.29 is 9.84 Å². The molecule has 2 nitrogen and oxygen atoms in total. The van der Waals surface area contributed by atoms with E-state index in [1.807, 2.05) is 30.3 Å². The molecule has 0 bridgehead atoms. The van der Waals surface area contributed by atoms with Crippen LogP contribution < -0.4 is 4.74 Å². The van der Waals surface area contributed by atoms with Gasteiger partial charge in [-0.3, -0.25) is 0 Å². The van der Waals surface area contributed by atoms with Crippen LogP contribution in [0.25, 0.3) is 0 Å². The van der Waals surface area contributed by atoms with E-state index >= 15 is 0 Å². The lowest BCUT2D eigenvalue weighted by atomic mass is 9.99. The van der Waals surface area contributed by atoms with Gasteiger partial charge in [0.15, 0.2) is 0 Å². The van der Waals surface area contributed by atoms with Crippen molar-refractivity contribution in [2.45, 2.75) is 12.5 Å². The summed E-state index contributed by atoms with van der Waals surface area (Å²) < 4.78 is 5.46. The van der Waals surface area contributed by atoms with E-state index in [1.54, 1.807) is 12.1 Å². The molecule has 0 aromatic heterocycles. The van der Waals surface area contributed by atoms with Crippen molar-refractivity contribution in [3.05, 3.63) is 64.2 Å². The summed E-state index contributed by atoms with van der Waals surface area (Å²) in [5, 5.41) is 11.0. The molecule has 3 rings (SSSR count). The number of hydrogen-bond acceptors (Lipinski definition) is 2. The minimum absolute atomic E-state index is 0.635.